The van der Waals surface area contributed by atoms with Gasteiger partial charge in [-0.25, -0.2) is 0 Å². The molecule has 1 fully saturated rings. The second-order valence-corrected chi connectivity index (χ2v) is 5.18. The van der Waals surface area contributed by atoms with E-state index in [9.17, 15) is 5.11 Å². The van der Waals surface area contributed by atoms with Crippen molar-refractivity contribution in [1.82, 2.24) is 0 Å². The summed E-state index contributed by atoms with van der Waals surface area (Å²) >= 11 is 0. The van der Waals surface area contributed by atoms with Crippen LogP contribution >= 0.6 is 0 Å². The molecule has 4 heteroatoms. The number of ether oxygens (including phenoxy) is 1. The van der Waals surface area contributed by atoms with Gasteiger partial charge in [0.15, 0.2) is 0 Å². The van der Waals surface area contributed by atoms with Crippen molar-refractivity contribution >= 4 is 5.69 Å². The van der Waals surface area contributed by atoms with Gasteiger partial charge in [-0.15, -0.1) is 0 Å². The average molecular weight is 265 g/mol. The molecule has 2 rings (SSSR count). The van der Waals surface area contributed by atoms with Gasteiger partial charge in [0.05, 0.1) is 13.2 Å². The molecule has 19 heavy (non-hydrogen) atoms. The summed E-state index contributed by atoms with van der Waals surface area (Å²) in [6.45, 7) is 3.92. The Morgan fingerprint density at radius 2 is 2.26 bits per heavy atom. The fraction of sp³-hybridized carbons (Fsp3) is 0.600. The summed E-state index contributed by atoms with van der Waals surface area (Å²) < 4.78 is 5.35. The van der Waals surface area contributed by atoms with Crippen molar-refractivity contribution in [3.63, 3.8) is 0 Å². The first kappa shape index (κ1) is 14.2. The lowest BCUT2D eigenvalue weighted by atomic mass is 10.0. The van der Waals surface area contributed by atoms with E-state index in [0.717, 1.165) is 42.9 Å². The van der Waals surface area contributed by atoms with Gasteiger partial charge in [-0.2, -0.15) is 0 Å². The van der Waals surface area contributed by atoms with E-state index in [1.165, 1.54) is 0 Å². The van der Waals surface area contributed by atoms with Crippen molar-refractivity contribution in [2.24, 2.45) is 5.92 Å². The number of aliphatic hydroxyl groups is 2. The molecule has 4 nitrogen and oxygen atoms in total. The number of methoxy groups -OCH3 is 1. The maximum Gasteiger partial charge on any atom is 0.126 e. The molecule has 1 unspecified atom stereocenters. The maximum absolute atomic E-state index is 10.00. The Morgan fingerprint density at radius 3 is 2.89 bits per heavy atom. The van der Waals surface area contributed by atoms with Gasteiger partial charge in [0.1, 0.15) is 5.75 Å². The fourth-order valence-corrected chi connectivity index (χ4v) is 2.88. The van der Waals surface area contributed by atoms with Crippen molar-refractivity contribution in [2.75, 3.05) is 31.7 Å². The molecule has 0 bridgehead atoms. The van der Waals surface area contributed by atoms with Crippen LogP contribution in [0.15, 0.2) is 18.2 Å². The van der Waals surface area contributed by atoms with E-state index < -0.39 is 6.10 Å². The van der Waals surface area contributed by atoms with Crippen LogP contribution in [0.3, 0.4) is 0 Å². The monoisotopic (exact) mass is 265 g/mol. The number of anilines is 1. The summed E-state index contributed by atoms with van der Waals surface area (Å²) in [5, 5.41) is 19.0. The van der Waals surface area contributed by atoms with Gasteiger partial charge in [-0.1, -0.05) is 6.07 Å². The Labute approximate surface area is 114 Å². The zero-order chi connectivity index (χ0) is 13.8. The van der Waals surface area contributed by atoms with Crippen molar-refractivity contribution in [1.29, 1.82) is 0 Å². The summed E-state index contributed by atoms with van der Waals surface area (Å²) in [5.41, 5.74) is 1.91. The highest BCUT2D eigenvalue weighted by atomic mass is 16.5. The molecule has 0 aromatic heterocycles. The van der Waals surface area contributed by atoms with Crippen LogP contribution in [-0.2, 0) is 0 Å². The molecule has 0 amide bonds. The van der Waals surface area contributed by atoms with Gasteiger partial charge in [0, 0.05) is 30.9 Å². The quantitative estimate of drug-likeness (QED) is 0.854. The normalized spacial score (nSPS) is 20.6. The molecule has 1 saturated heterocycles. The van der Waals surface area contributed by atoms with E-state index >= 15 is 0 Å². The minimum atomic E-state index is -0.553. The summed E-state index contributed by atoms with van der Waals surface area (Å²) in [6.07, 6.45) is 1.39. The van der Waals surface area contributed by atoms with Gasteiger partial charge in [-0.3, -0.25) is 0 Å². The minimum Gasteiger partial charge on any atom is -0.496 e. The lowest BCUT2D eigenvalue weighted by Gasteiger charge is -2.25. The standard InChI is InChI=1S/C15H23NO3/c1-11(18)15-13(4-3-5-14(15)19-2)16-8-6-12(10-16)7-9-17/h3-5,11-12,17-18H,6-10H2,1-2H3/t11-,12?/m0/s1. The van der Waals surface area contributed by atoms with E-state index in [-0.39, 0.29) is 6.61 Å². The number of hydrogen-bond acceptors (Lipinski definition) is 4. The van der Waals surface area contributed by atoms with Crippen LogP contribution in [0.1, 0.15) is 31.4 Å². The second kappa shape index (κ2) is 6.26. The number of nitrogens with zero attached hydrogens (tertiary/aromatic N) is 1. The smallest absolute Gasteiger partial charge is 0.126 e. The molecule has 1 aromatic rings. The van der Waals surface area contributed by atoms with Crippen LogP contribution in [0.2, 0.25) is 0 Å². The molecule has 0 aliphatic carbocycles. The van der Waals surface area contributed by atoms with Crippen molar-refractivity contribution < 1.29 is 14.9 Å². The van der Waals surface area contributed by atoms with E-state index in [0.29, 0.717) is 5.92 Å². The third kappa shape index (κ3) is 3.01. The maximum atomic E-state index is 10.00. The lowest BCUT2D eigenvalue weighted by molar-refractivity contribution is 0.194. The number of hydrogen-bond donors (Lipinski definition) is 2. The SMILES string of the molecule is COc1cccc(N2CCC(CCO)C2)c1[C@H](C)O. The van der Waals surface area contributed by atoms with E-state index in [1.54, 1.807) is 14.0 Å². The molecule has 0 radical (unpaired) electrons. The Hall–Kier alpha value is -1.26. The molecule has 2 atom stereocenters. The Bertz CT molecular complexity index is 420. The number of aliphatic hydroxyl groups excluding tert-OH is 2. The van der Waals surface area contributed by atoms with E-state index in [4.69, 9.17) is 9.84 Å². The van der Waals surface area contributed by atoms with Gasteiger partial charge < -0.3 is 19.8 Å². The van der Waals surface area contributed by atoms with Crippen molar-refractivity contribution in [3.05, 3.63) is 23.8 Å². The molecule has 1 aliphatic heterocycles. The Balaban J connectivity index is 2.25. The third-order valence-corrected chi connectivity index (χ3v) is 3.84. The minimum absolute atomic E-state index is 0.250. The van der Waals surface area contributed by atoms with Crippen LogP contribution in [0.5, 0.6) is 5.75 Å². The molecule has 2 N–H and O–H groups in total. The molecular formula is C15H23NO3. The third-order valence-electron chi connectivity index (χ3n) is 3.84. The molecule has 0 spiro atoms. The first-order valence-electron chi connectivity index (χ1n) is 6.88. The topological polar surface area (TPSA) is 52.9 Å². The largest absolute Gasteiger partial charge is 0.496 e. The Kier molecular flexibility index (Phi) is 4.66. The highest BCUT2D eigenvalue weighted by molar-refractivity contribution is 5.61. The first-order chi connectivity index (χ1) is 9.17. The number of rotatable bonds is 5. The van der Waals surface area contributed by atoms with Crippen LogP contribution in [0.25, 0.3) is 0 Å². The van der Waals surface area contributed by atoms with Crippen molar-refractivity contribution in [3.8, 4) is 5.75 Å². The predicted octanol–water partition coefficient (Wildman–Crippen LogP) is 1.96. The first-order valence-corrected chi connectivity index (χ1v) is 6.88. The second-order valence-electron chi connectivity index (χ2n) is 5.18. The van der Waals surface area contributed by atoms with E-state index in [2.05, 4.69) is 4.90 Å². The molecule has 1 aliphatic rings. The predicted molar refractivity (Wildman–Crippen MR) is 75.7 cm³/mol. The number of benzene rings is 1. The van der Waals surface area contributed by atoms with Gasteiger partial charge in [0.2, 0.25) is 0 Å². The summed E-state index contributed by atoms with van der Waals surface area (Å²) in [5.74, 6) is 1.27. The van der Waals surface area contributed by atoms with Crippen molar-refractivity contribution in [2.45, 2.75) is 25.9 Å². The van der Waals surface area contributed by atoms with Crippen LogP contribution < -0.4 is 9.64 Å². The highest BCUT2D eigenvalue weighted by Crippen LogP contribution is 2.37. The highest BCUT2D eigenvalue weighted by Gasteiger charge is 2.26. The van der Waals surface area contributed by atoms with Crippen LogP contribution in [-0.4, -0.2) is 37.0 Å². The van der Waals surface area contributed by atoms with E-state index in [1.807, 2.05) is 18.2 Å². The van der Waals surface area contributed by atoms with Gasteiger partial charge in [-0.05, 0) is 37.8 Å². The molecule has 1 heterocycles. The van der Waals surface area contributed by atoms with Gasteiger partial charge >= 0.3 is 0 Å². The average Bonchev–Trinajstić information content (AvgIpc) is 2.86. The molecular weight excluding hydrogens is 242 g/mol. The zero-order valence-electron chi connectivity index (χ0n) is 11.7. The Morgan fingerprint density at radius 1 is 1.47 bits per heavy atom. The summed E-state index contributed by atoms with van der Waals surface area (Å²) in [6, 6.07) is 5.87. The van der Waals surface area contributed by atoms with Crippen LogP contribution in [0, 0.1) is 5.92 Å². The fourth-order valence-electron chi connectivity index (χ4n) is 2.88. The lowest BCUT2D eigenvalue weighted by Crippen LogP contribution is -2.22. The molecule has 0 saturated carbocycles. The summed E-state index contributed by atoms with van der Waals surface area (Å²) in [4.78, 5) is 2.28. The van der Waals surface area contributed by atoms with Gasteiger partial charge in [0.25, 0.3) is 0 Å². The molecule has 106 valence electrons. The zero-order valence-corrected chi connectivity index (χ0v) is 11.7. The van der Waals surface area contributed by atoms with Crippen LogP contribution in [0.4, 0.5) is 5.69 Å². The summed E-state index contributed by atoms with van der Waals surface area (Å²) in [7, 11) is 1.63. The molecule has 1 aromatic carbocycles.